The van der Waals surface area contributed by atoms with E-state index in [1.54, 1.807) is 6.07 Å². The quantitative estimate of drug-likeness (QED) is 0.843. The van der Waals surface area contributed by atoms with Gasteiger partial charge in [-0.2, -0.15) is 4.98 Å². The molecule has 1 atom stereocenters. The zero-order chi connectivity index (χ0) is 14.3. The number of sulfone groups is 1. The smallest absolute Gasteiger partial charge is 0.258 e. The maximum Gasteiger partial charge on any atom is 0.258 e. The highest BCUT2D eigenvalue weighted by molar-refractivity contribution is 7.91. The summed E-state index contributed by atoms with van der Waals surface area (Å²) in [7, 11) is -2.95. The third kappa shape index (κ3) is 2.40. The molecule has 1 saturated heterocycles. The Morgan fingerprint density at radius 1 is 1.40 bits per heavy atom. The van der Waals surface area contributed by atoms with Crippen LogP contribution in [0.15, 0.2) is 22.7 Å². The Kier molecular flexibility index (Phi) is 3.01. The van der Waals surface area contributed by atoms with Crippen LogP contribution in [0.5, 0.6) is 0 Å². The number of nitrogens with two attached hydrogens (primary N) is 1. The van der Waals surface area contributed by atoms with Crippen molar-refractivity contribution in [1.29, 1.82) is 0 Å². The SMILES string of the molecule is Cc1ccc(-c2nc(C3CCS(=O)(=O)C3)no2)cc1N. The van der Waals surface area contributed by atoms with Crippen molar-refractivity contribution < 1.29 is 12.9 Å². The van der Waals surface area contributed by atoms with Gasteiger partial charge in [0.2, 0.25) is 0 Å². The van der Waals surface area contributed by atoms with E-state index in [0.29, 0.717) is 23.8 Å². The molecule has 6 nitrogen and oxygen atoms in total. The van der Waals surface area contributed by atoms with Gasteiger partial charge in [-0.15, -0.1) is 0 Å². The molecular weight excluding hydrogens is 278 g/mol. The number of benzene rings is 1. The summed E-state index contributed by atoms with van der Waals surface area (Å²) in [5, 5.41) is 3.90. The fourth-order valence-electron chi connectivity index (χ4n) is 2.29. The maximum atomic E-state index is 11.5. The van der Waals surface area contributed by atoms with Crippen LogP contribution < -0.4 is 5.73 Å². The van der Waals surface area contributed by atoms with E-state index in [1.165, 1.54) is 0 Å². The van der Waals surface area contributed by atoms with Gasteiger partial charge in [0.05, 0.1) is 11.5 Å². The molecule has 20 heavy (non-hydrogen) atoms. The minimum Gasteiger partial charge on any atom is -0.398 e. The molecule has 3 rings (SSSR count). The first kappa shape index (κ1) is 13.1. The van der Waals surface area contributed by atoms with Crippen LogP contribution in [-0.4, -0.2) is 30.1 Å². The van der Waals surface area contributed by atoms with Crippen LogP contribution in [-0.2, 0) is 9.84 Å². The molecule has 1 aliphatic heterocycles. The average molecular weight is 293 g/mol. The molecule has 1 aliphatic rings. The van der Waals surface area contributed by atoms with Crippen molar-refractivity contribution in [2.75, 3.05) is 17.2 Å². The van der Waals surface area contributed by atoms with Crippen molar-refractivity contribution in [3.8, 4) is 11.5 Å². The maximum absolute atomic E-state index is 11.5. The summed E-state index contributed by atoms with van der Waals surface area (Å²) >= 11 is 0. The molecule has 0 aliphatic carbocycles. The average Bonchev–Trinajstić information content (AvgIpc) is 2.99. The molecule has 0 saturated carbocycles. The van der Waals surface area contributed by atoms with Crippen LogP contribution in [0.3, 0.4) is 0 Å². The molecule has 2 N–H and O–H groups in total. The van der Waals surface area contributed by atoms with Gasteiger partial charge in [0, 0.05) is 17.2 Å². The number of aryl methyl sites for hydroxylation is 1. The molecule has 0 amide bonds. The Balaban J connectivity index is 1.89. The number of rotatable bonds is 2. The number of hydrogen-bond acceptors (Lipinski definition) is 6. The molecule has 2 aromatic rings. The van der Waals surface area contributed by atoms with Crippen molar-refractivity contribution in [2.45, 2.75) is 19.3 Å². The van der Waals surface area contributed by atoms with Crippen LogP contribution in [0.4, 0.5) is 5.69 Å². The van der Waals surface area contributed by atoms with Crippen molar-refractivity contribution in [1.82, 2.24) is 10.1 Å². The Morgan fingerprint density at radius 3 is 2.85 bits per heavy atom. The molecule has 106 valence electrons. The Hall–Kier alpha value is -1.89. The molecule has 1 fully saturated rings. The summed E-state index contributed by atoms with van der Waals surface area (Å²) in [4.78, 5) is 4.30. The van der Waals surface area contributed by atoms with Gasteiger partial charge in [-0.1, -0.05) is 11.2 Å². The predicted octanol–water partition coefficient (Wildman–Crippen LogP) is 1.53. The van der Waals surface area contributed by atoms with Crippen LogP contribution in [0.25, 0.3) is 11.5 Å². The van der Waals surface area contributed by atoms with Crippen molar-refractivity contribution >= 4 is 15.5 Å². The zero-order valence-electron chi connectivity index (χ0n) is 11.0. The molecule has 1 aromatic heterocycles. The van der Waals surface area contributed by atoms with Gasteiger partial charge in [0.25, 0.3) is 5.89 Å². The summed E-state index contributed by atoms with van der Waals surface area (Å²) in [6.07, 6.45) is 0.553. The highest BCUT2D eigenvalue weighted by atomic mass is 32.2. The molecule has 1 aromatic carbocycles. The second-order valence-electron chi connectivity index (χ2n) is 5.13. The van der Waals surface area contributed by atoms with Crippen LogP contribution >= 0.6 is 0 Å². The van der Waals surface area contributed by atoms with E-state index >= 15 is 0 Å². The molecule has 0 radical (unpaired) electrons. The highest BCUT2D eigenvalue weighted by Gasteiger charge is 2.32. The Morgan fingerprint density at radius 2 is 2.20 bits per heavy atom. The molecule has 7 heteroatoms. The second kappa shape index (κ2) is 4.59. The van der Waals surface area contributed by atoms with Gasteiger partial charge in [-0.3, -0.25) is 0 Å². The fourth-order valence-corrected chi connectivity index (χ4v) is 4.03. The van der Waals surface area contributed by atoms with Crippen molar-refractivity contribution in [2.24, 2.45) is 0 Å². The molecule has 0 bridgehead atoms. The summed E-state index contributed by atoms with van der Waals surface area (Å²) < 4.78 is 28.2. The lowest BCUT2D eigenvalue weighted by atomic mass is 10.1. The van der Waals surface area contributed by atoms with Gasteiger partial charge in [-0.25, -0.2) is 8.42 Å². The summed E-state index contributed by atoms with van der Waals surface area (Å²) in [5.41, 5.74) is 8.24. The number of nitrogen functional groups attached to an aromatic ring is 1. The van der Waals surface area contributed by atoms with Gasteiger partial charge < -0.3 is 10.3 Å². The van der Waals surface area contributed by atoms with Crippen LogP contribution in [0, 0.1) is 6.92 Å². The first-order valence-electron chi connectivity index (χ1n) is 6.35. The highest BCUT2D eigenvalue weighted by Crippen LogP contribution is 2.29. The summed E-state index contributed by atoms with van der Waals surface area (Å²) in [5.74, 6) is 0.956. The number of nitrogens with zero attached hydrogens (tertiary/aromatic N) is 2. The normalized spacial score (nSPS) is 21.1. The standard InChI is InChI=1S/C13H15N3O3S/c1-8-2-3-9(6-11(8)14)13-15-12(16-19-13)10-4-5-20(17,18)7-10/h2-3,6,10H,4-5,7,14H2,1H3. The minimum absolute atomic E-state index is 0.0992. The number of hydrogen-bond donors (Lipinski definition) is 1. The van der Waals surface area contributed by atoms with Gasteiger partial charge in [0.15, 0.2) is 15.7 Å². The van der Waals surface area contributed by atoms with Crippen LogP contribution in [0.2, 0.25) is 0 Å². The third-order valence-electron chi connectivity index (χ3n) is 3.57. The van der Waals surface area contributed by atoms with Crippen molar-refractivity contribution in [3.63, 3.8) is 0 Å². The topological polar surface area (TPSA) is 99.1 Å². The lowest BCUT2D eigenvalue weighted by molar-refractivity contribution is 0.418. The first-order valence-corrected chi connectivity index (χ1v) is 8.17. The largest absolute Gasteiger partial charge is 0.398 e. The van der Waals surface area contributed by atoms with E-state index in [9.17, 15) is 8.42 Å². The molecule has 2 heterocycles. The van der Waals surface area contributed by atoms with E-state index in [4.69, 9.17) is 10.3 Å². The first-order chi connectivity index (χ1) is 9.44. The zero-order valence-corrected chi connectivity index (χ0v) is 11.9. The van der Waals surface area contributed by atoms with Crippen molar-refractivity contribution in [3.05, 3.63) is 29.6 Å². The molecule has 0 spiro atoms. The van der Waals surface area contributed by atoms with Gasteiger partial charge in [0.1, 0.15) is 0 Å². The second-order valence-corrected chi connectivity index (χ2v) is 7.36. The summed E-state index contributed by atoms with van der Waals surface area (Å²) in [6, 6.07) is 5.51. The predicted molar refractivity (Wildman–Crippen MR) is 74.9 cm³/mol. The monoisotopic (exact) mass is 293 g/mol. The Labute approximate surface area is 116 Å². The number of anilines is 1. The minimum atomic E-state index is -2.95. The lowest BCUT2D eigenvalue weighted by Crippen LogP contribution is -2.05. The summed E-state index contributed by atoms with van der Waals surface area (Å²) in [6.45, 7) is 1.92. The molecule has 1 unspecified atom stereocenters. The van der Waals surface area contributed by atoms with E-state index in [2.05, 4.69) is 10.1 Å². The fraction of sp³-hybridized carbons (Fsp3) is 0.385. The lowest BCUT2D eigenvalue weighted by Gasteiger charge is -2.01. The van der Waals surface area contributed by atoms with E-state index in [0.717, 1.165) is 11.1 Å². The van der Waals surface area contributed by atoms with Gasteiger partial charge in [-0.05, 0) is 31.0 Å². The van der Waals surface area contributed by atoms with E-state index in [-0.39, 0.29) is 17.4 Å². The third-order valence-corrected chi connectivity index (χ3v) is 5.33. The van der Waals surface area contributed by atoms with Gasteiger partial charge >= 0.3 is 0 Å². The Bertz CT molecular complexity index is 752. The molecular formula is C13H15N3O3S. The number of aromatic nitrogens is 2. The van der Waals surface area contributed by atoms with E-state index < -0.39 is 9.84 Å². The van der Waals surface area contributed by atoms with Crippen LogP contribution in [0.1, 0.15) is 23.7 Å². The van der Waals surface area contributed by atoms with E-state index in [1.807, 2.05) is 19.1 Å².